The number of anilines is 1. The Morgan fingerprint density at radius 3 is 3.00 bits per heavy atom. The molecular weight excluding hydrogens is 314 g/mol. The molecule has 1 aliphatic heterocycles. The highest BCUT2D eigenvalue weighted by Gasteiger charge is 2.17. The second-order valence-electron chi connectivity index (χ2n) is 6.29. The van der Waals surface area contributed by atoms with Crippen LogP contribution >= 0.6 is 0 Å². The van der Waals surface area contributed by atoms with Crippen LogP contribution in [0.25, 0.3) is 10.9 Å². The highest BCUT2D eigenvalue weighted by Crippen LogP contribution is 2.24. The molecule has 2 aromatic heterocycles. The van der Waals surface area contributed by atoms with Crippen molar-refractivity contribution < 1.29 is 9.47 Å². The molecule has 1 unspecified atom stereocenters. The Hall–Kier alpha value is -2.66. The maximum Gasteiger partial charge on any atom is 0.213 e. The Kier molecular flexibility index (Phi) is 4.48. The number of benzene rings is 1. The number of para-hydroxylation sites is 1. The highest BCUT2D eigenvalue weighted by atomic mass is 16.5. The monoisotopic (exact) mass is 335 g/mol. The molecular formula is C20H21N3O2. The third kappa shape index (κ3) is 3.56. The van der Waals surface area contributed by atoms with Crippen molar-refractivity contribution in [1.29, 1.82) is 0 Å². The van der Waals surface area contributed by atoms with E-state index in [1.54, 1.807) is 6.20 Å². The summed E-state index contributed by atoms with van der Waals surface area (Å²) in [6.45, 7) is 4.19. The summed E-state index contributed by atoms with van der Waals surface area (Å²) in [6, 6.07) is 12.2. The molecule has 0 aliphatic carbocycles. The van der Waals surface area contributed by atoms with E-state index in [-0.39, 0.29) is 6.10 Å². The molecule has 5 nitrogen and oxygen atoms in total. The van der Waals surface area contributed by atoms with Crippen molar-refractivity contribution in [2.45, 2.75) is 26.0 Å². The Morgan fingerprint density at radius 2 is 2.12 bits per heavy atom. The number of hydrogen-bond acceptors (Lipinski definition) is 5. The molecule has 0 amide bonds. The molecule has 1 fully saturated rings. The molecule has 0 bridgehead atoms. The average molecular weight is 335 g/mol. The normalized spacial score (nSPS) is 16.9. The fourth-order valence-corrected chi connectivity index (χ4v) is 3.08. The Morgan fingerprint density at radius 1 is 1.20 bits per heavy atom. The minimum absolute atomic E-state index is 0.114. The van der Waals surface area contributed by atoms with Crippen LogP contribution in [-0.2, 0) is 11.3 Å². The van der Waals surface area contributed by atoms with Crippen LogP contribution in [0.3, 0.4) is 0 Å². The molecule has 1 saturated heterocycles. The number of nitrogens with zero attached hydrogens (tertiary/aromatic N) is 2. The summed E-state index contributed by atoms with van der Waals surface area (Å²) in [5.41, 5.74) is 4.42. The predicted octanol–water partition coefficient (Wildman–Crippen LogP) is 3.72. The van der Waals surface area contributed by atoms with Gasteiger partial charge < -0.3 is 14.8 Å². The minimum Gasteiger partial charge on any atom is -0.472 e. The van der Waals surface area contributed by atoms with Gasteiger partial charge in [0.25, 0.3) is 0 Å². The van der Waals surface area contributed by atoms with Crippen molar-refractivity contribution >= 4 is 16.6 Å². The average Bonchev–Trinajstić information content (AvgIpc) is 3.14. The number of hydrogen-bond donors (Lipinski definition) is 1. The van der Waals surface area contributed by atoms with Crippen molar-refractivity contribution in [3.63, 3.8) is 0 Å². The van der Waals surface area contributed by atoms with E-state index in [2.05, 4.69) is 40.4 Å². The van der Waals surface area contributed by atoms with Crippen LogP contribution in [0.1, 0.15) is 17.5 Å². The van der Waals surface area contributed by atoms with Crippen molar-refractivity contribution in [2.75, 3.05) is 18.5 Å². The van der Waals surface area contributed by atoms with E-state index >= 15 is 0 Å². The highest BCUT2D eigenvalue weighted by molar-refractivity contribution is 5.92. The van der Waals surface area contributed by atoms with Gasteiger partial charge >= 0.3 is 0 Å². The maximum absolute atomic E-state index is 5.88. The first-order valence-corrected chi connectivity index (χ1v) is 8.57. The topological polar surface area (TPSA) is 56.3 Å². The molecule has 1 aliphatic rings. The summed E-state index contributed by atoms with van der Waals surface area (Å²) in [4.78, 5) is 8.79. The van der Waals surface area contributed by atoms with Crippen LogP contribution in [0.2, 0.25) is 0 Å². The van der Waals surface area contributed by atoms with Crippen LogP contribution in [0, 0.1) is 6.92 Å². The van der Waals surface area contributed by atoms with Gasteiger partial charge in [-0.3, -0.25) is 4.98 Å². The lowest BCUT2D eigenvalue weighted by atomic mass is 10.1. The zero-order valence-corrected chi connectivity index (χ0v) is 14.2. The summed E-state index contributed by atoms with van der Waals surface area (Å²) in [7, 11) is 0. The standard InChI is InChI=1S/C20H21N3O2/c1-14-3-2-4-17-18(6-9-22-20(14)17)23-12-15-5-8-21-19(11-15)25-16-7-10-24-13-16/h2-6,8-9,11,16H,7,10,12-13H2,1H3,(H,22,23). The summed E-state index contributed by atoms with van der Waals surface area (Å²) in [5, 5.41) is 4.64. The quantitative estimate of drug-likeness (QED) is 0.770. The molecule has 3 aromatic rings. The van der Waals surface area contributed by atoms with E-state index in [9.17, 15) is 0 Å². The smallest absolute Gasteiger partial charge is 0.213 e. The summed E-state index contributed by atoms with van der Waals surface area (Å²) in [6.07, 6.45) is 4.67. The molecule has 0 radical (unpaired) electrons. The van der Waals surface area contributed by atoms with Gasteiger partial charge in [0.1, 0.15) is 6.10 Å². The van der Waals surface area contributed by atoms with Crippen molar-refractivity contribution in [3.8, 4) is 5.88 Å². The zero-order valence-electron chi connectivity index (χ0n) is 14.2. The van der Waals surface area contributed by atoms with Gasteiger partial charge in [-0.1, -0.05) is 18.2 Å². The van der Waals surface area contributed by atoms with Crippen LogP contribution < -0.4 is 10.1 Å². The fraction of sp³-hybridized carbons (Fsp3) is 0.300. The summed E-state index contributed by atoms with van der Waals surface area (Å²) >= 11 is 0. The van der Waals surface area contributed by atoms with Gasteiger partial charge in [0.05, 0.1) is 18.7 Å². The minimum atomic E-state index is 0.114. The second-order valence-corrected chi connectivity index (χ2v) is 6.29. The molecule has 3 heterocycles. The van der Waals surface area contributed by atoms with Crippen LogP contribution in [0.5, 0.6) is 5.88 Å². The van der Waals surface area contributed by atoms with E-state index in [0.717, 1.165) is 35.2 Å². The summed E-state index contributed by atoms with van der Waals surface area (Å²) in [5.74, 6) is 0.658. The van der Waals surface area contributed by atoms with Gasteiger partial charge in [0, 0.05) is 42.5 Å². The maximum atomic E-state index is 5.88. The Bertz CT molecular complexity index is 876. The fourth-order valence-electron chi connectivity index (χ4n) is 3.08. The van der Waals surface area contributed by atoms with Gasteiger partial charge in [-0.05, 0) is 30.2 Å². The first-order chi connectivity index (χ1) is 12.3. The first kappa shape index (κ1) is 15.8. The van der Waals surface area contributed by atoms with Crippen molar-refractivity contribution in [1.82, 2.24) is 9.97 Å². The number of pyridine rings is 2. The van der Waals surface area contributed by atoms with E-state index in [1.165, 1.54) is 5.56 Å². The number of fused-ring (bicyclic) bond motifs is 1. The number of aryl methyl sites for hydroxylation is 1. The molecule has 5 heteroatoms. The summed E-state index contributed by atoms with van der Waals surface area (Å²) < 4.78 is 11.2. The molecule has 1 aromatic carbocycles. The first-order valence-electron chi connectivity index (χ1n) is 8.57. The van der Waals surface area contributed by atoms with Gasteiger partial charge in [-0.25, -0.2) is 4.98 Å². The van der Waals surface area contributed by atoms with Crippen LogP contribution in [-0.4, -0.2) is 29.3 Å². The van der Waals surface area contributed by atoms with Crippen molar-refractivity contribution in [2.24, 2.45) is 0 Å². The number of rotatable bonds is 5. The third-order valence-corrected chi connectivity index (χ3v) is 4.43. The van der Waals surface area contributed by atoms with Crippen LogP contribution in [0.4, 0.5) is 5.69 Å². The number of aromatic nitrogens is 2. The molecule has 1 N–H and O–H groups in total. The van der Waals surface area contributed by atoms with E-state index in [0.29, 0.717) is 19.0 Å². The Balaban J connectivity index is 1.49. The lowest BCUT2D eigenvalue weighted by Gasteiger charge is -2.13. The van der Waals surface area contributed by atoms with Gasteiger partial charge in [-0.2, -0.15) is 0 Å². The lowest BCUT2D eigenvalue weighted by molar-refractivity contribution is 0.138. The third-order valence-electron chi connectivity index (χ3n) is 4.43. The lowest BCUT2D eigenvalue weighted by Crippen LogP contribution is -2.16. The molecule has 1 atom stereocenters. The SMILES string of the molecule is Cc1cccc2c(NCc3ccnc(OC4CCOC4)c3)ccnc12. The second kappa shape index (κ2) is 7.07. The van der Waals surface area contributed by atoms with Gasteiger partial charge in [0.2, 0.25) is 5.88 Å². The zero-order chi connectivity index (χ0) is 17.1. The molecule has 25 heavy (non-hydrogen) atoms. The van der Waals surface area contributed by atoms with E-state index in [4.69, 9.17) is 9.47 Å². The van der Waals surface area contributed by atoms with Gasteiger partial charge in [-0.15, -0.1) is 0 Å². The predicted molar refractivity (Wildman–Crippen MR) is 97.9 cm³/mol. The Labute approximate surface area is 147 Å². The molecule has 4 rings (SSSR count). The van der Waals surface area contributed by atoms with E-state index in [1.807, 2.05) is 24.4 Å². The van der Waals surface area contributed by atoms with E-state index < -0.39 is 0 Å². The van der Waals surface area contributed by atoms with Gasteiger partial charge in [0.15, 0.2) is 0 Å². The van der Waals surface area contributed by atoms with Crippen molar-refractivity contribution in [3.05, 3.63) is 59.9 Å². The molecule has 0 saturated carbocycles. The molecule has 0 spiro atoms. The molecule has 128 valence electrons. The number of ether oxygens (including phenoxy) is 2. The largest absolute Gasteiger partial charge is 0.472 e. The number of nitrogens with one attached hydrogen (secondary N) is 1. The van der Waals surface area contributed by atoms with Crippen LogP contribution in [0.15, 0.2) is 48.8 Å².